The normalized spacial score (nSPS) is 13.8. The summed E-state index contributed by atoms with van der Waals surface area (Å²) in [5, 5.41) is 3.25. The topological polar surface area (TPSA) is 72.9 Å². The molecule has 2 heterocycles. The summed E-state index contributed by atoms with van der Waals surface area (Å²) in [4.78, 5) is 18.7. The average Bonchev–Trinajstić information content (AvgIpc) is 2.73. The van der Waals surface area contributed by atoms with Crippen molar-refractivity contribution in [3.63, 3.8) is 0 Å². The number of pyridine rings is 1. The number of ether oxygens (including phenoxy) is 3. The van der Waals surface area contributed by atoms with Crippen LogP contribution in [0.4, 0.5) is 11.4 Å². The summed E-state index contributed by atoms with van der Waals surface area (Å²) in [6, 6.07) is 7.22. The van der Waals surface area contributed by atoms with E-state index in [9.17, 15) is 4.79 Å². The number of carbonyl (C=O) groups excluding carboxylic acids is 1. The highest BCUT2D eigenvalue weighted by molar-refractivity contribution is 5.92. The first-order valence-corrected chi connectivity index (χ1v) is 8.98. The molecule has 27 heavy (non-hydrogen) atoms. The quantitative estimate of drug-likeness (QED) is 0.838. The minimum Gasteiger partial charge on any atom is -0.493 e. The highest BCUT2D eigenvalue weighted by Gasteiger charge is 2.19. The van der Waals surface area contributed by atoms with Crippen LogP contribution in [0, 0.1) is 0 Å². The molecule has 144 valence electrons. The molecule has 1 aromatic heterocycles. The summed E-state index contributed by atoms with van der Waals surface area (Å²) in [5.74, 6) is 1.65. The highest BCUT2D eigenvalue weighted by Crippen LogP contribution is 2.40. The van der Waals surface area contributed by atoms with E-state index in [4.69, 9.17) is 14.2 Å². The van der Waals surface area contributed by atoms with Gasteiger partial charge in [-0.05, 0) is 31.4 Å². The molecular formula is C20H25N3O4. The standard InChI is InChI=1S/C20H25N3O4/c1-25-17-11-15(12-18(26-2)19(17)27-3)22-14-7-8-16(21-13-14)20(24)23-9-5-4-6-10-23/h7-8,11-13,22H,4-6,9-10H2,1-3H3. The summed E-state index contributed by atoms with van der Waals surface area (Å²) in [6.45, 7) is 1.62. The Morgan fingerprint density at radius 2 is 1.63 bits per heavy atom. The molecule has 1 aromatic carbocycles. The van der Waals surface area contributed by atoms with Gasteiger partial charge < -0.3 is 24.4 Å². The molecule has 0 unspecified atom stereocenters. The number of benzene rings is 1. The first kappa shape index (κ1) is 18.8. The molecule has 1 saturated heterocycles. The molecule has 0 atom stereocenters. The lowest BCUT2D eigenvalue weighted by atomic mass is 10.1. The van der Waals surface area contributed by atoms with Gasteiger partial charge in [0.25, 0.3) is 5.91 Å². The van der Waals surface area contributed by atoms with Gasteiger partial charge in [0.2, 0.25) is 5.75 Å². The van der Waals surface area contributed by atoms with Crippen molar-refractivity contribution in [1.82, 2.24) is 9.88 Å². The lowest BCUT2D eigenvalue weighted by Crippen LogP contribution is -2.36. The average molecular weight is 371 g/mol. The molecule has 0 bridgehead atoms. The molecular weight excluding hydrogens is 346 g/mol. The molecule has 0 spiro atoms. The molecule has 1 aliphatic rings. The predicted molar refractivity (Wildman–Crippen MR) is 103 cm³/mol. The Bertz CT molecular complexity index is 761. The van der Waals surface area contributed by atoms with Gasteiger partial charge in [-0.1, -0.05) is 0 Å². The molecule has 7 nitrogen and oxygen atoms in total. The third-order valence-electron chi connectivity index (χ3n) is 4.58. The van der Waals surface area contributed by atoms with E-state index in [1.54, 1.807) is 33.6 Å². The zero-order valence-corrected chi connectivity index (χ0v) is 15.9. The molecule has 0 radical (unpaired) electrons. The summed E-state index contributed by atoms with van der Waals surface area (Å²) >= 11 is 0. The largest absolute Gasteiger partial charge is 0.493 e. The Hall–Kier alpha value is -2.96. The van der Waals surface area contributed by atoms with Crippen LogP contribution >= 0.6 is 0 Å². The van der Waals surface area contributed by atoms with E-state index in [0.717, 1.165) is 37.3 Å². The van der Waals surface area contributed by atoms with Crippen LogP contribution < -0.4 is 19.5 Å². The van der Waals surface area contributed by atoms with Gasteiger partial charge in [-0.2, -0.15) is 0 Å². The van der Waals surface area contributed by atoms with Gasteiger partial charge in [-0.25, -0.2) is 4.98 Å². The first-order chi connectivity index (χ1) is 13.2. The van der Waals surface area contributed by atoms with Gasteiger partial charge in [0.15, 0.2) is 11.5 Å². The number of anilines is 2. The summed E-state index contributed by atoms with van der Waals surface area (Å²) in [7, 11) is 4.71. The van der Waals surface area contributed by atoms with E-state index in [1.807, 2.05) is 23.1 Å². The number of rotatable bonds is 6. The van der Waals surface area contributed by atoms with Crippen molar-refractivity contribution in [2.45, 2.75) is 19.3 Å². The fourth-order valence-corrected chi connectivity index (χ4v) is 3.17. The second-order valence-electron chi connectivity index (χ2n) is 6.32. The van der Waals surface area contributed by atoms with Crippen LogP contribution in [0.25, 0.3) is 0 Å². The number of aromatic nitrogens is 1. The summed E-state index contributed by atoms with van der Waals surface area (Å²) in [6.07, 6.45) is 4.97. The van der Waals surface area contributed by atoms with Crippen LogP contribution in [0.3, 0.4) is 0 Å². The lowest BCUT2D eigenvalue weighted by Gasteiger charge is -2.26. The highest BCUT2D eigenvalue weighted by atomic mass is 16.5. The van der Waals surface area contributed by atoms with E-state index in [1.165, 1.54) is 6.42 Å². The van der Waals surface area contributed by atoms with E-state index in [-0.39, 0.29) is 5.91 Å². The van der Waals surface area contributed by atoms with E-state index in [0.29, 0.717) is 22.9 Å². The van der Waals surface area contributed by atoms with Gasteiger partial charge in [0.1, 0.15) is 5.69 Å². The number of hydrogen-bond acceptors (Lipinski definition) is 6. The van der Waals surface area contributed by atoms with E-state index < -0.39 is 0 Å². The molecule has 0 aliphatic carbocycles. The minimum atomic E-state index is -0.00552. The SMILES string of the molecule is COc1cc(Nc2ccc(C(=O)N3CCCCC3)nc2)cc(OC)c1OC. The van der Waals surface area contributed by atoms with Crippen LogP contribution in [0.1, 0.15) is 29.8 Å². The summed E-state index contributed by atoms with van der Waals surface area (Å²) < 4.78 is 16.1. The number of methoxy groups -OCH3 is 3. The van der Waals surface area contributed by atoms with Crippen molar-refractivity contribution in [2.75, 3.05) is 39.7 Å². The second kappa shape index (κ2) is 8.62. The van der Waals surface area contributed by atoms with Crippen LogP contribution in [0.2, 0.25) is 0 Å². The molecule has 7 heteroatoms. The molecule has 1 amide bonds. The van der Waals surface area contributed by atoms with Crippen molar-refractivity contribution >= 4 is 17.3 Å². The van der Waals surface area contributed by atoms with E-state index in [2.05, 4.69) is 10.3 Å². The first-order valence-electron chi connectivity index (χ1n) is 8.98. The van der Waals surface area contributed by atoms with Gasteiger partial charge in [-0.3, -0.25) is 4.79 Å². The van der Waals surface area contributed by atoms with Crippen molar-refractivity contribution < 1.29 is 19.0 Å². The smallest absolute Gasteiger partial charge is 0.272 e. The number of nitrogens with zero attached hydrogens (tertiary/aromatic N) is 2. The maximum Gasteiger partial charge on any atom is 0.272 e. The van der Waals surface area contributed by atoms with Gasteiger partial charge in [0.05, 0.1) is 33.2 Å². The van der Waals surface area contributed by atoms with Gasteiger partial charge in [-0.15, -0.1) is 0 Å². The number of hydrogen-bond donors (Lipinski definition) is 1. The Kier molecular flexibility index (Phi) is 6.01. The van der Waals surface area contributed by atoms with Crippen LogP contribution in [0.15, 0.2) is 30.5 Å². The summed E-state index contributed by atoms with van der Waals surface area (Å²) in [5.41, 5.74) is 1.99. The maximum absolute atomic E-state index is 12.5. The van der Waals surface area contributed by atoms with Crippen LogP contribution in [-0.2, 0) is 0 Å². The molecule has 2 aromatic rings. The zero-order valence-electron chi connectivity index (χ0n) is 15.9. The van der Waals surface area contributed by atoms with Gasteiger partial charge in [0, 0.05) is 30.9 Å². The van der Waals surface area contributed by atoms with Gasteiger partial charge >= 0.3 is 0 Å². The van der Waals surface area contributed by atoms with Crippen molar-refractivity contribution in [3.8, 4) is 17.2 Å². The van der Waals surface area contributed by atoms with Crippen LogP contribution in [0.5, 0.6) is 17.2 Å². The number of nitrogens with one attached hydrogen (secondary N) is 1. The predicted octanol–water partition coefficient (Wildman–Crippen LogP) is 3.48. The molecule has 1 fully saturated rings. The number of carbonyl (C=O) groups is 1. The third kappa shape index (κ3) is 4.24. The molecule has 1 N–H and O–H groups in total. The Morgan fingerprint density at radius 3 is 2.15 bits per heavy atom. The number of piperidine rings is 1. The Balaban J connectivity index is 1.75. The lowest BCUT2D eigenvalue weighted by molar-refractivity contribution is 0.0718. The fourth-order valence-electron chi connectivity index (χ4n) is 3.17. The molecule has 3 rings (SSSR count). The molecule has 1 aliphatic heterocycles. The second-order valence-corrected chi connectivity index (χ2v) is 6.32. The van der Waals surface area contributed by atoms with Crippen molar-refractivity contribution in [2.24, 2.45) is 0 Å². The third-order valence-corrected chi connectivity index (χ3v) is 4.58. The number of likely N-dealkylation sites (tertiary alicyclic amines) is 1. The fraction of sp³-hybridized carbons (Fsp3) is 0.400. The van der Waals surface area contributed by atoms with Crippen molar-refractivity contribution in [1.29, 1.82) is 0 Å². The maximum atomic E-state index is 12.5. The Morgan fingerprint density at radius 1 is 0.963 bits per heavy atom. The minimum absolute atomic E-state index is 0.00552. The van der Waals surface area contributed by atoms with E-state index >= 15 is 0 Å². The Labute approximate surface area is 159 Å². The monoisotopic (exact) mass is 371 g/mol. The number of amides is 1. The van der Waals surface area contributed by atoms with Crippen molar-refractivity contribution in [3.05, 3.63) is 36.2 Å². The van der Waals surface area contributed by atoms with Crippen LogP contribution in [-0.4, -0.2) is 50.2 Å². The molecule has 0 saturated carbocycles. The zero-order chi connectivity index (χ0) is 19.2.